The van der Waals surface area contributed by atoms with Gasteiger partial charge in [0.2, 0.25) is 0 Å². The molecule has 2 heterocycles. The number of hydrogen-bond donors (Lipinski definition) is 0. The summed E-state index contributed by atoms with van der Waals surface area (Å²) in [7, 11) is 3.31. The molecule has 5 heteroatoms. The van der Waals surface area contributed by atoms with E-state index >= 15 is 0 Å². The Bertz CT molecular complexity index is 892. The van der Waals surface area contributed by atoms with Crippen LogP contribution >= 0.6 is 11.6 Å². The molecule has 0 spiro atoms. The highest BCUT2D eigenvalue weighted by atomic mass is 35.5. The second kappa shape index (κ2) is 7.57. The molecule has 2 aliphatic heterocycles. The Hall–Kier alpha value is -2.59. The number of allylic oxidation sites excluding steroid dienone is 1. The smallest absolute Gasteiger partial charge is 0.161 e. The second-order valence-electron chi connectivity index (χ2n) is 6.55. The lowest BCUT2D eigenvalue weighted by Crippen LogP contribution is -2.36. The predicted octanol–water partition coefficient (Wildman–Crippen LogP) is 4.58. The van der Waals surface area contributed by atoms with Gasteiger partial charge in [0.1, 0.15) is 17.9 Å². The first kappa shape index (κ1) is 17.8. The van der Waals surface area contributed by atoms with Crippen LogP contribution in [-0.4, -0.2) is 31.2 Å². The van der Waals surface area contributed by atoms with E-state index in [1.165, 1.54) is 5.56 Å². The van der Waals surface area contributed by atoms with Crippen LogP contribution in [0.25, 0.3) is 5.70 Å². The van der Waals surface area contributed by atoms with Gasteiger partial charge in [0, 0.05) is 23.9 Å². The summed E-state index contributed by atoms with van der Waals surface area (Å²) in [6.07, 6.45) is 4.93. The van der Waals surface area contributed by atoms with Gasteiger partial charge in [0.15, 0.2) is 11.5 Å². The molecule has 0 saturated heterocycles. The molecule has 0 fully saturated rings. The van der Waals surface area contributed by atoms with Gasteiger partial charge in [0.25, 0.3) is 0 Å². The Morgan fingerprint density at radius 3 is 2.56 bits per heavy atom. The molecular formula is C22H22ClNO3. The largest absolute Gasteiger partial charge is 0.493 e. The van der Waals surface area contributed by atoms with E-state index in [4.69, 9.17) is 25.8 Å². The molecule has 0 saturated carbocycles. The zero-order valence-corrected chi connectivity index (χ0v) is 16.2. The van der Waals surface area contributed by atoms with Crippen LogP contribution in [0, 0.1) is 0 Å². The van der Waals surface area contributed by atoms with Gasteiger partial charge in [-0.2, -0.15) is 0 Å². The molecule has 1 atom stereocenters. The number of nitrogens with zero attached hydrogens (tertiary/aromatic N) is 1. The molecule has 0 amide bonds. The van der Waals surface area contributed by atoms with Crippen molar-refractivity contribution < 1.29 is 14.2 Å². The molecule has 4 rings (SSSR count). The summed E-state index contributed by atoms with van der Waals surface area (Å²) in [4.78, 5) is 2.19. The lowest BCUT2D eigenvalue weighted by Gasteiger charge is -2.38. The van der Waals surface area contributed by atoms with Crippen molar-refractivity contribution in [2.45, 2.75) is 18.5 Å². The third kappa shape index (κ3) is 3.50. The quantitative estimate of drug-likeness (QED) is 0.558. The standard InChI is InChI=1S/C22H22ClNO3/c1-25-20-10-16-8-9-24-19(18(16)13-21(20)26-2)11-17(12-22(24)23)27-14-15-6-4-3-5-7-15/h3-7,10-13,22H,8-9,14H2,1-2H3. The first-order valence-electron chi connectivity index (χ1n) is 8.96. The Labute approximate surface area is 164 Å². The number of fused-ring (bicyclic) bond motifs is 3. The van der Waals surface area contributed by atoms with E-state index in [1.807, 2.05) is 42.5 Å². The van der Waals surface area contributed by atoms with Gasteiger partial charge in [-0.15, -0.1) is 0 Å². The van der Waals surface area contributed by atoms with Crippen molar-refractivity contribution in [2.24, 2.45) is 0 Å². The Balaban J connectivity index is 1.65. The fourth-order valence-corrected chi connectivity index (χ4v) is 3.87. The predicted molar refractivity (Wildman–Crippen MR) is 107 cm³/mol. The van der Waals surface area contributed by atoms with Gasteiger partial charge in [-0.1, -0.05) is 41.9 Å². The number of benzene rings is 2. The molecule has 0 aromatic heterocycles. The van der Waals surface area contributed by atoms with Crippen LogP contribution in [-0.2, 0) is 17.8 Å². The molecule has 2 aromatic carbocycles. The van der Waals surface area contributed by atoms with Crippen molar-refractivity contribution in [3.63, 3.8) is 0 Å². The average molecular weight is 384 g/mol. The maximum Gasteiger partial charge on any atom is 0.161 e. The zero-order chi connectivity index (χ0) is 18.8. The van der Waals surface area contributed by atoms with Gasteiger partial charge in [-0.3, -0.25) is 0 Å². The molecule has 140 valence electrons. The number of halogens is 1. The minimum Gasteiger partial charge on any atom is -0.493 e. The Morgan fingerprint density at radius 1 is 1.07 bits per heavy atom. The number of rotatable bonds is 5. The maximum absolute atomic E-state index is 6.64. The molecule has 2 aromatic rings. The van der Waals surface area contributed by atoms with E-state index in [2.05, 4.69) is 17.0 Å². The third-order valence-electron chi connectivity index (χ3n) is 4.94. The van der Waals surface area contributed by atoms with Crippen LogP contribution in [0.2, 0.25) is 0 Å². The molecule has 0 N–H and O–H groups in total. The third-order valence-corrected chi connectivity index (χ3v) is 5.31. The van der Waals surface area contributed by atoms with Crippen LogP contribution in [0.5, 0.6) is 11.5 Å². The van der Waals surface area contributed by atoms with Crippen LogP contribution in [0.15, 0.2) is 60.4 Å². The highest BCUT2D eigenvalue weighted by Crippen LogP contribution is 2.41. The lowest BCUT2D eigenvalue weighted by atomic mass is 9.94. The summed E-state index contributed by atoms with van der Waals surface area (Å²) in [6, 6.07) is 14.2. The number of alkyl halides is 1. The second-order valence-corrected chi connectivity index (χ2v) is 7.00. The van der Waals surface area contributed by atoms with Crippen molar-refractivity contribution in [1.29, 1.82) is 0 Å². The molecular weight excluding hydrogens is 362 g/mol. The van der Waals surface area contributed by atoms with E-state index in [1.54, 1.807) is 14.2 Å². The minimum atomic E-state index is -0.239. The molecule has 0 radical (unpaired) electrons. The topological polar surface area (TPSA) is 30.9 Å². The first-order valence-corrected chi connectivity index (χ1v) is 9.39. The molecule has 27 heavy (non-hydrogen) atoms. The Morgan fingerprint density at radius 2 is 1.81 bits per heavy atom. The molecule has 1 unspecified atom stereocenters. The van der Waals surface area contributed by atoms with Gasteiger partial charge in [-0.25, -0.2) is 0 Å². The van der Waals surface area contributed by atoms with Crippen LogP contribution in [0.4, 0.5) is 0 Å². The monoisotopic (exact) mass is 383 g/mol. The minimum absolute atomic E-state index is 0.239. The summed E-state index contributed by atoms with van der Waals surface area (Å²) < 4.78 is 17.0. The van der Waals surface area contributed by atoms with Crippen LogP contribution in [0.3, 0.4) is 0 Å². The first-order chi connectivity index (χ1) is 13.2. The van der Waals surface area contributed by atoms with E-state index in [9.17, 15) is 0 Å². The van der Waals surface area contributed by atoms with Crippen molar-refractivity contribution in [3.8, 4) is 11.5 Å². The van der Waals surface area contributed by atoms with Gasteiger partial charge in [0.05, 0.1) is 14.2 Å². The normalized spacial score (nSPS) is 18.0. The van der Waals surface area contributed by atoms with Crippen molar-refractivity contribution in [1.82, 2.24) is 4.90 Å². The van der Waals surface area contributed by atoms with Crippen LogP contribution < -0.4 is 9.47 Å². The molecule has 0 bridgehead atoms. The number of hydrogen-bond acceptors (Lipinski definition) is 4. The zero-order valence-electron chi connectivity index (χ0n) is 15.4. The number of ether oxygens (including phenoxy) is 3. The SMILES string of the molecule is COc1cc2c(cc1OC)C1=CC(OCc3ccccc3)=CC(Cl)N1CC2. The fourth-order valence-electron chi connectivity index (χ4n) is 3.54. The summed E-state index contributed by atoms with van der Waals surface area (Å²) in [5, 5.41) is 0. The fraction of sp³-hybridized carbons (Fsp3) is 0.273. The highest BCUT2D eigenvalue weighted by Gasteiger charge is 2.30. The molecule has 4 nitrogen and oxygen atoms in total. The van der Waals surface area contributed by atoms with Gasteiger partial charge >= 0.3 is 0 Å². The summed E-state index contributed by atoms with van der Waals surface area (Å²) in [5.41, 5.74) is 4.28. The van der Waals surface area contributed by atoms with E-state index < -0.39 is 0 Å². The Kier molecular flexibility index (Phi) is 4.99. The molecule has 2 aliphatic rings. The van der Waals surface area contributed by atoms with Crippen molar-refractivity contribution in [2.75, 3.05) is 20.8 Å². The lowest BCUT2D eigenvalue weighted by molar-refractivity contribution is 0.204. The number of methoxy groups -OCH3 is 2. The van der Waals surface area contributed by atoms with E-state index in [0.29, 0.717) is 12.4 Å². The van der Waals surface area contributed by atoms with Crippen molar-refractivity contribution in [3.05, 3.63) is 77.1 Å². The van der Waals surface area contributed by atoms with E-state index in [-0.39, 0.29) is 5.50 Å². The van der Waals surface area contributed by atoms with Crippen molar-refractivity contribution >= 4 is 17.3 Å². The van der Waals surface area contributed by atoms with Gasteiger partial charge in [-0.05, 0) is 35.8 Å². The van der Waals surface area contributed by atoms with Gasteiger partial charge < -0.3 is 19.1 Å². The summed E-state index contributed by atoms with van der Waals surface area (Å²) in [6.45, 7) is 1.36. The van der Waals surface area contributed by atoms with Crippen LogP contribution in [0.1, 0.15) is 16.7 Å². The van der Waals surface area contributed by atoms with E-state index in [0.717, 1.165) is 41.3 Å². The summed E-state index contributed by atoms with van der Waals surface area (Å²) in [5.74, 6) is 2.25. The molecule has 0 aliphatic carbocycles. The highest BCUT2D eigenvalue weighted by molar-refractivity contribution is 6.22. The average Bonchev–Trinajstić information content (AvgIpc) is 2.71. The summed E-state index contributed by atoms with van der Waals surface area (Å²) >= 11 is 6.64. The maximum atomic E-state index is 6.64.